The van der Waals surface area contributed by atoms with Gasteiger partial charge in [-0.1, -0.05) is 27.7 Å². The zero-order chi connectivity index (χ0) is 18.5. The van der Waals surface area contributed by atoms with E-state index in [0.717, 1.165) is 0 Å². The van der Waals surface area contributed by atoms with Crippen molar-refractivity contribution >= 4 is 21.9 Å². The normalized spacial score (nSPS) is 13.1. The summed E-state index contributed by atoms with van der Waals surface area (Å²) in [5.74, 6) is -1.77. The summed E-state index contributed by atoms with van der Waals surface area (Å²) in [6.45, 7) is 7.48. The molecule has 0 heterocycles. The maximum absolute atomic E-state index is 12.1. The molecule has 8 heteroatoms. The molecule has 1 atom stereocenters. The number of carbonyl (C=O) groups excluding carboxylic acids is 1. The van der Waals surface area contributed by atoms with Gasteiger partial charge in [0.05, 0.1) is 4.90 Å². The summed E-state index contributed by atoms with van der Waals surface area (Å²) >= 11 is 0. The Hall–Kier alpha value is -1.93. The van der Waals surface area contributed by atoms with Gasteiger partial charge in [-0.25, -0.2) is 17.9 Å². The maximum Gasteiger partial charge on any atom is 0.326 e. The van der Waals surface area contributed by atoms with Gasteiger partial charge in [0.1, 0.15) is 6.04 Å². The monoisotopic (exact) mass is 356 g/mol. The molecule has 1 amide bonds. The zero-order valence-electron chi connectivity index (χ0n) is 14.2. The highest BCUT2D eigenvalue weighted by atomic mass is 32.2. The molecule has 1 aromatic carbocycles. The van der Waals surface area contributed by atoms with Crippen LogP contribution in [-0.4, -0.2) is 38.0 Å². The molecule has 1 rings (SSSR count). The zero-order valence-corrected chi connectivity index (χ0v) is 15.1. The summed E-state index contributed by atoms with van der Waals surface area (Å²) in [7, 11) is -3.62. The van der Waals surface area contributed by atoms with Gasteiger partial charge in [0.25, 0.3) is 5.91 Å². The topological polar surface area (TPSA) is 113 Å². The number of carbonyl (C=O) groups is 2. The minimum absolute atomic E-state index is 0.0540. The van der Waals surface area contributed by atoms with Gasteiger partial charge in [-0.2, -0.15) is 0 Å². The molecule has 0 aliphatic rings. The Labute approximate surface area is 142 Å². The molecule has 0 saturated heterocycles. The largest absolute Gasteiger partial charge is 0.480 e. The molecule has 24 heavy (non-hydrogen) atoms. The van der Waals surface area contributed by atoms with Crippen LogP contribution in [0.3, 0.4) is 0 Å². The van der Waals surface area contributed by atoms with Crippen LogP contribution in [0.2, 0.25) is 0 Å². The van der Waals surface area contributed by atoms with Crippen molar-refractivity contribution in [2.24, 2.45) is 11.8 Å². The van der Waals surface area contributed by atoms with Crippen LogP contribution in [0, 0.1) is 11.8 Å². The minimum atomic E-state index is -3.62. The lowest BCUT2D eigenvalue weighted by atomic mass is 10.0. The van der Waals surface area contributed by atoms with E-state index in [4.69, 9.17) is 5.11 Å². The Kier molecular flexibility index (Phi) is 6.92. The first-order valence-electron chi connectivity index (χ1n) is 7.68. The average Bonchev–Trinajstić information content (AvgIpc) is 2.50. The molecule has 134 valence electrons. The fourth-order valence-electron chi connectivity index (χ4n) is 1.88. The number of sulfonamides is 1. The second kappa shape index (κ2) is 8.25. The van der Waals surface area contributed by atoms with E-state index in [9.17, 15) is 18.0 Å². The number of carboxylic acids is 1. The molecular formula is C16H24N2O5S. The van der Waals surface area contributed by atoms with Gasteiger partial charge >= 0.3 is 5.97 Å². The first-order valence-corrected chi connectivity index (χ1v) is 9.16. The third kappa shape index (κ3) is 5.61. The highest BCUT2D eigenvalue weighted by Crippen LogP contribution is 2.12. The quantitative estimate of drug-likeness (QED) is 0.653. The van der Waals surface area contributed by atoms with E-state index >= 15 is 0 Å². The van der Waals surface area contributed by atoms with Gasteiger partial charge in [-0.05, 0) is 36.1 Å². The Bertz CT molecular complexity index is 681. The smallest absolute Gasteiger partial charge is 0.326 e. The van der Waals surface area contributed by atoms with Crippen LogP contribution in [0.15, 0.2) is 29.2 Å². The van der Waals surface area contributed by atoms with Crippen LogP contribution in [0.4, 0.5) is 0 Å². The number of nitrogens with one attached hydrogen (secondary N) is 2. The molecule has 0 aliphatic heterocycles. The van der Waals surface area contributed by atoms with Gasteiger partial charge < -0.3 is 10.4 Å². The number of aliphatic carboxylic acids is 1. The van der Waals surface area contributed by atoms with E-state index in [0.29, 0.717) is 6.54 Å². The van der Waals surface area contributed by atoms with Crippen molar-refractivity contribution in [1.82, 2.24) is 10.0 Å². The highest BCUT2D eigenvalue weighted by molar-refractivity contribution is 7.89. The molecule has 0 saturated carbocycles. The molecular weight excluding hydrogens is 332 g/mol. The Balaban J connectivity index is 2.87. The SMILES string of the molecule is CC(C)CNS(=O)(=O)c1ccc(C(=O)NC(C(=O)O)C(C)C)cc1. The summed E-state index contributed by atoms with van der Waals surface area (Å²) < 4.78 is 26.6. The Morgan fingerprint density at radius 1 is 1.08 bits per heavy atom. The fourth-order valence-corrected chi connectivity index (χ4v) is 3.10. The second-order valence-electron chi connectivity index (χ2n) is 6.30. The molecule has 0 aliphatic carbocycles. The fraction of sp³-hybridized carbons (Fsp3) is 0.500. The van der Waals surface area contributed by atoms with Crippen LogP contribution in [0.1, 0.15) is 38.1 Å². The number of benzene rings is 1. The molecule has 0 bridgehead atoms. The number of carboxylic acid groups (broad SMARTS) is 1. The van der Waals surface area contributed by atoms with Gasteiger partial charge in [0.2, 0.25) is 10.0 Å². The summed E-state index contributed by atoms with van der Waals surface area (Å²) in [6.07, 6.45) is 0. The summed E-state index contributed by atoms with van der Waals surface area (Å²) in [5, 5.41) is 11.5. The van der Waals surface area contributed by atoms with Crippen molar-refractivity contribution in [2.45, 2.75) is 38.6 Å². The van der Waals surface area contributed by atoms with Crippen LogP contribution >= 0.6 is 0 Å². The first kappa shape index (κ1) is 20.1. The maximum atomic E-state index is 12.1. The van der Waals surface area contributed by atoms with E-state index < -0.39 is 27.9 Å². The van der Waals surface area contributed by atoms with Crippen molar-refractivity contribution in [3.8, 4) is 0 Å². The summed E-state index contributed by atoms with van der Waals surface area (Å²) in [5.41, 5.74) is 0.199. The minimum Gasteiger partial charge on any atom is -0.480 e. The van der Waals surface area contributed by atoms with Crippen molar-refractivity contribution in [2.75, 3.05) is 6.54 Å². The van der Waals surface area contributed by atoms with E-state index in [-0.39, 0.29) is 22.3 Å². The molecule has 7 nitrogen and oxygen atoms in total. The van der Waals surface area contributed by atoms with Crippen LogP contribution < -0.4 is 10.0 Å². The van der Waals surface area contributed by atoms with Gasteiger partial charge in [0, 0.05) is 12.1 Å². The number of rotatable bonds is 8. The molecule has 0 aromatic heterocycles. The van der Waals surface area contributed by atoms with Crippen LogP contribution in [-0.2, 0) is 14.8 Å². The lowest BCUT2D eigenvalue weighted by molar-refractivity contribution is -0.140. The van der Waals surface area contributed by atoms with Crippen LogP contribution in [0.25, 0.3) is 0 Å². The van der Waals surface area contributed by atoms with Crippen molar-refractivity contribution < 1.29 is 23.1 Å². The molecule has 3 N–H and O–H groups in total. The number of hydrogen-bond donors (Lipinski definition) is 3. The third-order valence-electron chi connectivity index (χ3n) is 3.33. The van der Waals surface area contributed by atoms with Crippen LogP contribution in [0.5, 0.6) is 0 Å². The highest BCUT2D eigenvalue weighted by Gasteiger charge is 2.24. The van der Waals surface area contributed by atoms with Crippen molar-refractivity contribution in [1.29, 1.82) is 0 Å². The molecule has 0 spiro atoms. The van der Waals surface area contributed by atoms with E-state index in [2.05, 4.69) is 10.0 Å². The van der Waals surface area contributed by atoms with Crippen molar-refractivity contribution in [3.63, 3.8) is 0 Å². The van der Waals surface area contributed by atoms with E-state index in [1.807, 2.05) is 13.8 Å². The van der Waals surface area contributed by atoms with Crippen molar-refractivity contribution in [3.05, 3.63) is 29.8 Å². The summed E-state index contributed by atoms with van der Waals surface area (Å²) in [4.78, 5) is 23.3. The second-order valence-corrected chi connectivity index (χ2v) is 8.07. The summed E-state index contributed by atoms with van der Waals surface area (Å²) in [6, 6.07) is 4.36. The molecule has 1 unspecified atom stereocenters. The Morgan fingerprint density at radius 3 is 2.04 bits per heavy atom. The number of amides is 1. The first-order chi connectivity index (χ1) is 11.0. The predicted octanol–water partition coefficient (Wildman–Crippen LogP) is 1.46. The standard InChI is InChI=1S/C16H24N2O5S/c1-10(2)9-17-24(22,23)13-7-5-12(6-8-13)15(19)18-14(11(3)4)16(20)21/h5-8,10-11,14,17H,9H2,1-4H3,(H,18,19)(H,20,21). The average molecular weight is 356 g/mol. The predicted molar refractivity (Wildman–Crippen MR) is 90.2 cm³/mol. The Morgan fingerprint density at radius 2 is 1.62 bits per heavy atom. The van der Waals surface area contributed by atoms with E-state index in [1.165, 1.54) is 24.3 Å². The number of hydrogen-bond acceptors (Lipinski definition) is 4. The lowest BCUT2D eigenvalue weighted by Crippen LogP contribution is -2.44. The molecule has 0 radical (unpaired) electrons. The van der Waals surface area contributed by atoms with Gasteiger partial charge in [-0.15, -0.1) is 0 Å². The lowest BCUT2D eigenvalue weighted by Gasteiger charge is -2.18. The molecule has 0 fully saturated rings. The molecule has 1 aromatic rings. The third-order valence-corrected chi connectivity index (χ3v) is 4.77. The van der Waals surface area contributed by atoms with E-state index in [1.54, 1.807) is 13.8 Å². The van der Waals surface area contributed by atoms with Gasteiger partial charge in [0.15, 0.2) is 0 Å². The van der Waals surface area contributed by atoms with Gasteiger partial charge in [-0.3, -0.25) is 4.79 Å².